The molecule has 0 radical (unpaired) electrons. The normalized spacial score (nSPS) is 22.9. The van der Waals surface area contributed by atoms with Gasteiger partial charge in [0.25, 0.3) is 0 Å². The first-order valence-electron chi connectivity index (χ1n) is 5.75. The molecule has 2 rings (SSSR count). The number of carbonyl (C=O) groups is 1. The van der Waals surface area contributed by atoms with Crippen LogP contribution in [0, 0.1) is 13.8 Å². The van der Waals surface area contributed by atoms with Gasteiger partial charge in [-0.15, -0.1) is 0 Å². The molecule has 16 heavy (non-hydrogen) atoms. The van der Waals surface area contributed by atoms with Gasteiger partial charge >= 0.3 is 0 Å². The molecule has 2 unspecified atom stereocenters. The van der Waals surface area contributed by atoms with Gasteiger partial charge in [0, 0.05) is 0 Å². The molecule has 1 aliphatic heterocycles. The minimum absolute atomic E-state index is 0.125. The molecule has 3 heteroatoms. The molecule has 0 saturated heterocycles. The molecule has 1 heterocycles. The van der Waals surface area contributed by atoms with E-state index in [-0.39, 0.29) is 12.1 Å². The second kappa shape index (κ2) is 4.16. The highest BCUT2D eigenvalue weighted by molar-refractivity contribution is 5.79. The molecule has 0 spiro atoms. The number of aldehydes is 1. The first-order valence-corrected chi connectivity index (χ1v) is 5.75. The van der Waals surface area contributed by atoms with Crippen molar-refractivity contribution in [3.8, 4) is 0 Å². The van der Waals surface area contributed by atoms with E-state index in [1.165, 1.54) is 11.1 Å². The molecule has 0 fully saturated rings. The Morgan fingerprint density at radius 1 is 1.19 bits per heavy atom. The van der Waals surface area contributed by atoms with Gasteiger partial charge in [-0.1, -0.05) is 6.92 Å². The number of carbonyl (C=O) groups excluding carboxylic acids is 1. The van der Waals surface area contributed by atoms with E-state index in [2.05, 4.69) is 43.5 Å². The summed E-state index contributed by atoms with van der Waals surface area (Å²) in [6.07, 6.45) is 1.92. The zero-order chi connectivity index (χ0) is 11.7. The first-order chi connectivity index (χ1) is 7.65. The third-order valence-electron chi connectivity index (χ3n) is 3.32. The summed E-state index contributed by atoms with van der Waals surface area (Å²) in [6.45, 7) is 6.27. The smallest absolute Gasteiger partial charge is 0.144 e. The van der Waals surface area contributed by atoms with Crippen LogP contribution in [-0.4, -0.2) is 18.4 Å². The molecule has 2 atom stereocenters. The zero-order valence-electron chi connectivity index (χ0n) is 10.0. The number of benzene rings is 1. The third-order valence-corrected chi connectivity index (χ3v) is 3.32. The SMILES string of the molecule is CCC1Nc2cc(C)c(C)cc2NC1C=O. The third kappa shape index (κ3) is 1.77. The lowest BCUT2D eigenvalue weighted by Crippen LogP contribution is -2.43. The van der Waals surface area contributed by atoms with Crippen LogP contribution in [0.3, 0.4) is 0 Å². The maximum atomic E-state index is 11.0. The molecule has 0 aromatic heterocycles. The van der Waals surface area contributed by atoms with Gasteiger partial charge in [0.1, 0.15) is 12.3 Å². The maximum Gasteiger partial charge on any atom is 0.144 e. The summed E-state index contributed by atoms with van der Waals surface area (Å²) < 4.78 is 0. The number of anilines is 2. The highest BCUT2D eigenvalue weighted by Crippen LogP contribution is 2.31. The van der Waals surface area contributed by atoms with Crippen LogP contribution >= 0.6 is 0 Å². The van der Waals surface area contributed by atoms with E-state index in [0.29, 0.717) is 0 Å². The van der Waals surface area contributed by atoms with Crippen LogP contribution < -0.4 is 10.6 Å². The maximum absolute atomic E-state index is 11.0. The van der Waals surface area contributed by atoms with Crippen molar-refractivity contribution in [2.45, 2.75) is 39.3 Å². The average Bonchev–Trinajstić information content (AvgIpc) is 2.29. The Balaban J connectivity index is 2.38. The topological polar surface area (TPSA) is 41.1 Å². The molecule has 1 aromatic rings. The van der Waals surface area contributed by atoms with Crippen molar-refractivity contribution in [2.75, 3.05) is 10.6 Å². The van der Waals surface area contributed by atoms with Crippen molar-refractivity contribution in [1.82, 2.24) is 0 Å². The van der Waals surface area contributed by atoms with Crippen LogP contribution in [0.15, 0.2) is 12.1 Å². The van der Waals surface area contributed by atoms with Crippen LogP contribution in [0.25, 0.3) is 0 Å². The second-order valence-corrected chi connectivity index (χ2v) is 4.45. The largest absolute Gasteiger partial charge is 0.378 e. The molecule has 1 aromatic carbocycles. The highest BCUT2D eigenvalue weighted by Gasteiger charge is 2.25. The Kier molecular flexibility index (Phi) is 2.86. The van der Waals surface area contributed by atoms with E-state index in [1.807, 2.05) is 0 Å². The molecule has 0 saturated carbocycles. The summed E-state index contributed by atoms with van der Waals surface area (Å²) >= 11 is 0. The zero-order valence-corrected chi connectivity index (χ0v) is 10.0. The molecule has 0 aliphatic carbocycles. The highest BCUT2D eigenvalue weighted by atomic mass is 16.1. The molecule has 0 bridgehead atoms. The lowest BCUT2D eigenvalue weighted by molar-refractivity contribution is -0.108. The van der Waals surface area contributed by atoms with Crippen molar-refractivity contribution in [2.24, 2.45) is 0 Å². The molecule has 0 amide bonds. The monoisotopic (exact) mass is 218 g/mol. The van der Waals surface area contributed by atoms with Gasteiger partial charge < -0.3 is 15.4 Å². The molecule has 3 nitrogen and oxygen atoms in total. The Morgan fingerprint density at radius 3 is 2.25 bits per heavy atom. The van der Waals surface area contributed by atoms with Crippen LogP contribution in [-0.2, 0) is 4.79 Å². The molecular weight excluding hydrogens is 200 g/mol. The van der Waals surface area contributed by atoms with E-state index in [0.717, 1.165) is 24.1 Å². The summed E-state index contributed by atoms with van der Waals surface area (Å²) in [4.78, 5) is 11.0. The molecule has 1 aliphatic rings. The predicted octanol–water partition coefficient (Wildman–Crippen LogP) is 2.49. The Hall–Kier alpha value is -1.51. The quantitative estimate of drug-likeness (QED) is 0.749. The number of aryl methyl sites for hydroxylation is 2. The summed E-state index contributed by atoms with van der Waals surface area (Å²) in [5, 5.41) is 6.71. The Labute approximate surface area is 96.2 Å². The van der Waals surface area contributed by atoms with E-state index in [9.17, 15) is 4.79 Å². The summed E-state index contributed by atoms with van der Waals surface area (Å²) in [5.74, 6) is 0. The number of fused-ring (bicyclic) bond motifs is 1. The molecular formula is C13H18N2O. The number of nitrogens with one attached hydrogen (secondary N) is 2. The van der Waals surface area contributed by atoms with Gasteiger partial charge in [-0.3, -0.25) is 0 Å². The minimum atomic E-state index is -0.125. The average molecular weight is 218 g/mol. The van der Waals surface area contributed by atoms with Crippen molar-refractivity contribution in [3.63, 3.8) is 0 Å². The summed E-state index contributed by atoms with van der Waals surface area (Å²) in [5.41, 5.74) is 4.65. The number of hydrogen-bond donors (Lipinski definition) is 2. The van der Waals surface area contributed by atoms with Crippen LogP contribution in [0.2, 0.25) is 0 Å². The van der Waals surface area contributed by atoms with E-state index in [1.54, 1.807) is 0 Å². The van der Waals surface area contributed by atoms with Gasteiger partial charge in [0.05, 0.1) is 17.4 Å². The van der Waals surface area contributed by atoms with Crippen molar-refractivity contribution in [3.05, 3.63) is 23.3 Å². The second-order valence-electron chi connectivity index (χ2n) is 4.45. The van der Waals surface area contributed by atoms with Gasteiger partial charge in [-0.2, -0.15) is 0 Å². The predicted molar refractivity (Wildman–Crippen MR) is 67.1 cm³/mol. The lowest BCUT2D eigenvalue weighted by Gasteiger charge is -2.33. The minimum Gasteiger partial charge on any atom is -0.378 e. The lowest BCUT2D eigenvalue weighted by atomic mass is 9.99. The fourth-order valence-electron chi connectivity index (χ4n) is 2.11. The summed E-state index contributed by atoms with van der Waals surface area (Å²) in [6, 6.07) is 4.30. The van der Waals surface area contributed by atoms with Gasteiger partial charge in [0.2, 0.25) is 0 Å². The molecule has 86 valence electrons. The van der Waals surface area contributed by atoms with Crippen molar-refractivity contribution < 1.29 is 4.79 Å². The fourth-order valence-corrected chi connectivity index (χ4v) is 2.11. The van der Waals surface area contributed by atoms with Crippen molar-refractivity contribution >= 4 is 17.7 Å². The molecule has 2 N–H and O–H groups in total. The van der Waals surface area contributed by atoms with Gasteiger partial charge in [-0.05, 0) is 43.5 Å². The van der Waals surface area contributed by atoms with Crippen LogP contribution in [0.5, 0.6) is 0 Å². The van der Waals surface area contributed by atoms with Crippen LogP contribution in [0.1, 0.15) is 24.5 Å². The fraction of sp³-hybridized carbons (Fsp3) is 0.462. The Bertz CT molecular complexity index is 415. The van der Waals surface area contributed by atoms with Crippen LogP contribution in [0.4, 0.5) is 11.4 Å². The van der Waals surface area contributed by atoms with E-state index < -0.39 is 0 Å². The van der Waals surface area contributed by atoms with E-state index in [4.69, 9.17) is 0 Å². The summed E-state index contributed by atoms with van der Waals surface area (Å²) in [7, 11) is 0. The number of rotatable bonds is 2. The Morgan fingerprint density at radius 2 is 1.75 bits per heavy atom. The van der Waals surface area contributed by atoms with E-state index >= 15 is 0 Å². The van der Waals surface area contributed by atoms with Gasteiger partial charge in [-0.25, -0.2) is 0 Å². The number of hydrogen-bond acceptors (Lipinski definition) is 3. The van der Waals surface area contributed by atoms with Crippen molar-refractivity contribution in [1.29, 1.82) is 0 Å². The standard InChI is InChI=1S/C13H18N2O/c1-4-10-13(7-16)15-12-6-9(3)8(2)5-11(12)14-10/h5-7,10,13-15H,4H2,1-3H3. The first kappa shape index (κ1) is 11.0. The van der Waals surface area contributed by atoms with Gasteiger partial charge in [0.15, 0.2) is 0 Å².